The molecule has 0 saturated heterocycles. The molecule has 2 rings (SSSR count). The number of rotatable bonds is 5. The van der Waals surface area contributed by atoms with Crippen molar-refractivity contribution in [1.82, 2.24) is 24.6 Å². The average molecular weight is 288 g/mol. The van der Waals surface area contributed by atoms with E-state index in [9.17, 15) is 4.79 Å². The maximum absolute atomic E-state index is 11.9. The smallest absolute Gasteiger partial charge is 0.273 e. The highest BCUT2D eigenvalue weighted by Gasteiger charge is 2.15. The minimum absolute atomic E-state index is 0.132. The number of aromatic nitrogens is 4. The molecule has 7 heteroatoms. The Balaban J connectivity index is 2.43. The first-order chi connectivity index (χ1) is 10.1. The van der Waals surface area contributed by atoms with Gasteiger partial charge in [-0.05, 0) is 19.4 Å². The second kappa shape index (κ2) is 6.34. The van der Waals surface area contributed by atoms with Crippen LogP contribution in [0.2, 0.25) is 0 Å². The molecule has 7 nitrogen and oxygen atoms in total. The molecule has 21 heavy (non-hydrogen) atoms. The van der Waals surface area contributed by atoms with Crippen LogP contribution < -0.4 is 5.32 Å². The molecular formula is C14H20N6O. The molecule has 1 amide bonds. The highest BCUT2D eigenvalue weighted by Crippen LogP contribution is 2.19. The van der Waals surface area contributed by atoms with E-state index in [-0.39, 0.29) is 5.91 Å². The van der Waals surface area contributed by atoms with Crippen molar-refractivity contribution in [2.45, 2.75) is 20.3 Å². The van der Waals surface area contributed by atoms with E-state index in [0.29, 0.717) is 11.5 Å². The third-order valence-corrected chi connectivity index (χ3v) is 3.05. The van der Waals surface area contributed by atoms with Crippen LogP contribution in [0.5, 0.6) is 0 Å². The Kier molecular flexibility index (Phi) is 4.52. The maximum Gasteiger partial charge on any atom is 0.273 e. The molecule has 0 fully saturated rings. The molecule has 2 aromatic heterocycles. The lowest BCUT2D eigenvalue weighted by atomic mass is 10.2. The summed E-state index contributed by atoms with van der Waals surface area (Å²) in [5, 5.41) is 7.54. The topological polar surface area (TPSA) is 75.9 Å². The molecule has 0 spiro atoms. The van der Waals surface area contributed by atoms with Crippen LogP contribution in [0, 0.1) is 0 Å². The van der Waals surface area contributed by atoms with Crippen molar-refractivity contribution in [2.75, 3.05) is 26.0 Å². The largest absolute Gasteiger partial charge is 0.370 e. The van der Waals surface area contributed by atoms with Gasteiger partial charge in [-0.25, -0.2) is 14.6 Å². The molecule has 0 saturated carbocycles. The summed E-state index contributed by atoms with van der Waals surface area (Å²) < 4.78 is 1.62. The van der Waals surface area contributed by atoms with Crippen molar-refractivity contribution < 1.29 is 4.79 Å². The zero-order valence-corrected chi connectivity index (χ0v) is 12.8. The second-order valence-electron chi connectivity index (χ2n) is 4.75. The highest BCUT2D eigenvalue weighted by atomic mass is 16.2. The van der Waals surface area contributed by atoms with Crippen LogP contribution in [0.1, 0.15) is 29.9 Å². The maximum atomic E-state index is 11.9. The second-order valence-corrected chi connectivity index (χ2v) is 4.75. The van der Waals surface area contributed by atoms with Crippen molar-refractivity contribution in [3.8, 4) is 5.82 Å². The van der Waals surface area contributed by atoms with Crippen molar-refractivity contribution in [1.29, 1.82) is 0 Å². The number of carbonyl (C=O) groups is 1. The van der Waals surface area contributed by atoms with E-state index in [1.54, 1.807) is 31.0 Å². The van der Waals surface area contributed by atoms with Crippen LogP contribution in [0.4, 0.5) is 5.82 Å². The van der Waals surface area contributed by atoms with Crippen molar-refractivity contribution in [3.63, 3.8) is 0 Å². The molecular weight excluding hydrogens is 268 g/mol. The molecule has 1 N–H and O–H groups in total. The predicted octanol–water partition coefficient (Wildman–Crippen LogP) is 1.36. The van der Waals surface area contributed by atoms with E-state index >= 15 is 0 Å². The summed E-state index contributed by atoms with van der Waals surface area (Å²) in [5.41, 5.74) is 1.37. The average Bonchev–Trinajstić information content (AvgIpc) is 2.96. The highest BCUT2D eigenvalue weighted by molar-refractivity contribution is 5.91. The first-order valence-corrected chi connectivity index (χ1v) is 6.93. The fourth-order valence-electron chi connectivity index (χ4n) is 2.03. The molecule has 0 unspecified atom stereocenters. The summed E-state index contributed by atoms with van der Waals surface area (Å²) >= 11 is 0. The number of hydrogen-bond donors (Lipinski definition) is 1. The van der Waals surface area contributed by atoms with Crippen LogP contribution in [-0.2, 0) is 6.42 Å². The van der Waals surface area contributed by atoms with Gasteiger partial charge < -0.3 is 10.2 Å². The van der Waals surface area contributed by atoms with Crippen LogP contribution in [0.25, 0.3) is 5.82 Å². The molecule has 2 aromatic rings. The van der Waals surface area contributed by atoms with Crippen LogP contribution in [0.15, 0.2) is 18.6 Å². The van der Waals surface area contributed by atoms with E-state index in [0.717, 1.165) is 24.3 Å². The van der Waals surface area contributed by atoms with Gasteiger partial charge in [-0.1, -0.05) is 6.92 Å². The summed E-state index contributed by atoms with van der Waals surface area (Å²) in [6.07, 6.45) is 4.02. The number of anilines is 1. The molecule has 112 valence electrons. The predicted molar refractivity (Wildman–Crippen MR) is 80.7 cm³/mol. The Morgan fingerprint density at radius 1 is 1.33 bits per heavy atom. The third kappa shape index (κ3) is 3.01. The molecule has 0 atom stereocenters. The van der Waals surface area contributed by atoms with Gasteiger partial charge in [-0.15, -0.1) is 0 Å². The lowest BCUT2D eigenvalue weighted by Crippen LogP contribution is -2.22. The van der Waals surface area contributed by atoms with Gasteiger partial charge in [-0.2, -0.15) is 5.10 Å². The summed E-state index contributed by atoms with van der Waals surface area (Å²) in [7, 11) is 3.40. The molecule has 2 heterocycles. The Labute approximate surface area is 124 Å². The summed E-state index contributed by atoms with van der Waals surface area (Å²) in [6.45, 7) is 4.84. The third-order valence-electron chi connectivity index (χ3n) is 3.05. The Morgan fingerprint density at radius 3 is 2.71 bits per heavy atom. The van der Waals surface area contributed by atoms with E-state index in [1.165, 1.54) is 11.2 Å². The van der Waals surface area contributed by atoms with Gasteiger partial charge in [0, 0.05) is 32.4 Å². The van der Waals surface area contributed by atoms with Gasteiger partial charge >= 0.3 is 0 Å². The van der Waals surface area contributed by atoms with Gasteiger partial charge in [-0.3, -0.25) is 4.79 Å². The minimum Gasteiger partial charge on any atom is -0.370 e. The van der Waals surface area contributed by atoms with Crippen LogP contribution in [-0.4, -0.2) is 51.2 Å². The van der Waals surface area contributed by atoms with Crippen molar-refractivity contribution in [3.05, 3.63) is 29.8 Å². The first-order valence-electron chi connectivity index (χ1n) is 6.93. The van der Waals surface area contributed by atoms with Gasteiger partial charge in [0.25, 0.3) is 5.91 Å². The summed E-state index contributed by atoms with van der Waals surface area (Å²) in [6, 6.07) is 1.69. The van der Waals surface area contributed by atoms with E-state index in [2.05, 4.69) is 20.4 Å². The molecule has 0 bridgehead atoms. The molecule has 0 radical (unpaired) electrons. The van der Waals surface area contributed by atoms with Gasteiger partial charge in [0.1, 0.15) is 12.1 Å². The van der Waals surface area contributed by atoms with E-state index < -0.39 is 0 Å². The van der Waals surface area contributed by atoms with E-state index in [4.69, 9.17) is 0 Å². The van der Waals surface area contributed by atoms with Gasteiger partial charge in [0.2, 0.25) is 0 Å². The SMILES string of the molecule is CCNc1ncnc(-n2ccc(C(=O)N(C)C)n2)c1CC. The summed E-state index contributed by atoms with van der Waals surface area (Å²) in [4.78, 5) is 22.0. The van der Waals surface area contributed by atoms with E-state index in [1.807, 2.05) is 13.8 Å². The van der Waals surface area contributed by atoms with Gasteiger partial charge in [0.05, 0.1) is 0 Å². The zero-order valence-electron chi connectivity index (χ0n) is 12.8. The first kappa shape index (κ1) is 15.0. The molecule has 0 aliphatic rings. The number of carbonyl (C=O) groups excluding carboxylic acids is 1. The number of hydrogen-bond acceptors (Lipinski definition) is 5. The number of amides is 1. The fraction of sp³-hybridized carbons (Fsp3) is 0.429. The van der Waals surface area contributed by atoms with Crippen molar-refractivity contribution in [2.24, 2.45) is 0 Å². The quantitative estimate of drug-likeness (QED) is 0.899. The standard InChI is InChI=1S/C14H20N6O/c1-5-10-12(15-6-2)16-9-17-13(10)20-8-7-11(18-20)14(21)19(3)4/h7-9H,5-6H2,1-4H3,(H,15,16,17). The fourth-order valence-corrected chi connectivity index (χ4v) is 2.03. The Bertz CT molecular complexity index is 634. The van der Waals surface area contributed by atoms with Gasteiger partial charge in [0.15, 0.2) is 11.5 Å². The molecule has 0 aliphatic heterocycles. The molecule has 0 aliphatic carbocycles. The number of nitrogens with zero attached hydrogens (tertiary/aromatic N) is 5. The minimum atomic E-state index is -0.132. The monoisotopic (exact) mass is 288 g/mol. The lowest BCUT2D eigenvalue weighted by molar-refractivity contribution is 0.0821. The van der Waals surface area contributed by atoms with Crippen LogP contribution in [0.3, 0.4) is 0 Å². The number of nitrogens with one attached hydrogen (secondary N) is 1. The Morgan fingerprint density at radius 2 is 2.10 bits per heavy atom. The molecule has 0 aromatic carbocycles. The normalized spacial score (nSPS) is 10.5. The Hall–Kier alpha value is -2.44. The summed E-state index contributed by atoms with van der Waals surface area (Å²) in [5.74, 6) is 1.37. The zero-order chi connectivity index (χ0) is 15.4. The van der Waals surface area contributed by atoms with Crippen molar-refractivity contribution >= 4 is 11.7 Å². The van der Waals surface area contributed by atoms with Crippen LogP contribution >= 0.6 is 0 Å². The lowest BCUT2D eigenvalue weighted by Gasteiger charge is -2.12.